The minimum atomic E-state index is -0.524. The lowest BCUT2D eigenvalue weighted by Crippen LogP contribution is -2.13. The molecule has 1 atom stereocenters. The van der Waals surface area contributed by atoms with Gasteiger partial charge in [-0.2, -0.15) is 0 Å². The molecule has 0 saturated carbocycles. The Balaban J connectivity index is 1.88. The molecule has 0 aromatic heterocycles. The van der Waals surface area contributed by atoms with E-state index < -0.39 is 6.10 Å². The van der Waals surface area contributed by atoms with Gasteiger partial charge in [-0.1, -0.05) is 27.5 Å². The average molecular weight is 376 g/mol. The Hall–Kier alpha value is -0.550. The molecule has 0 heterocycles. The second-order valence-corrected chi connectivity index (χ2v) is 6.85. The Morgan fingerprint density at radius 2 is 1.90 bits per heavy atom. The first-order valence-corrected chi connectivity index (χ1v) is 8.20. The van der Waals surface area contributed by atoms with Crippen molar-refractivity contribution < 1.29 is 9.50 Å². The highest BCUT2D eigenvalue weighted by Gasteiger charge is 2.08. The monoisotopic (exact) mass is 374 g/mol. The Labute approximate surface area is 135 Å². The molecule has 1 unspecified atom stereocenters. The van der Waals surface area contributed by atoms with E-state index in [4.69, 9.17) is 11.6 Å². The lowest BCUT2D eigenvalue weighted by atomic mass is 10.1. The number of halogens is 3. The maximum Gasteiger partial charge on any atom is 0.124 e. The third-order valence-corrected chi connectivity index (χ3v) is 4.52. The molecule has 2 rings (SSSR count). The highest BCUT2D eigenvalue weighted by atomic mass is 79.9. The molecule has 106 valence electrons. The van der Waals surface area contributed by atoms with E-state index in [2.05, 4.69) is 15.9 Å². The number of thioether (sulfide) groups is 1. The van der Waals surface area contributed by atoms with E-state index in [1.165, 1.54) is 12.1 Å². The summed E-state index contributed by atoms with van der Waals surface area (Å²) < 4.78 is 13.9. The zero-order chi connectivity index (χ0) is 14.5. The molecule has 5 heteroatoms. The van der Waals surface area contributed by atoms with Crippen LogP contribution in [-0.4, -0.2) is 17.0 Å². The van der Waals surface area contributed by atoms with E-state index in [-0.39, 0.29) is 5.82 Å². The number of benzene rings is 2. The van der Waals surface area contributed by atoms with Gasteiger partial charge in [0.1, 0.15) is 5.82 Å². The number of hydrogen-bond acceptors (Lipinski definition) is 2. The first-order chi connectivity index (χ1) is 9.52. The van der Waals surface area contributed by atoms with Crippen molar-refractivity contribution >= 4 is 39.3 Å². The lowest BCUT2D eigenvalue weighted by Gasteiger charge is -2.11. The van der Waals surface area contributed by atoms with Crippen LogP contribution in [0.15, 0.2) is 51.8 Å². The smallest absolute Gasteiger partial charge is 0.124 e. The lowest BCUT2D eigenvalue weighted by molar-refractivity contribution is 0.200. The molecule has 20 heavy (non-hydrogen) atoms. The predicted octanol–water partition coefficient (Wildman–Crippen LogP) is 4.94. The maximum absolute atomic E-state index is 13.2. The summed E-state index contributed by atoms with van der Waals surface area (Å²) in [5.41, 5.74) is 0.779. The van der Waals surface area contributed by atoms with Gasteiger partial charge < -0.3 is 5.11 Å². The zero-order valence-corrected chi connectivity index (χ0v) is 13.7. The fourth-order valence-electron chi connectivity index (χ4n) is 1.78. The minimum absolute atomic E-state index is 0.299. The Bertz CT molecular complexity index is 556. The first kappa shape index (κ1) is 15.8. The number of aliphatic hydroxyl groups is 1. The summed E-state index contributed by atoms with van der Waals surface area (Å²) in [6.07, 6.45) is -0.0962. The van der Waals surface area contributed by atoms with Crippen LogP contribution in [0.1, 0.15) is 5.56 Å². The number of rotatable bonds is 5. The fourth-order valence-corrected chi connectivity index (χ4v) is 3.25. The predicted molar refractivity (Wildman–Crippen MR) is 86.0 cm³/mol. The Morgan fingerprint density at radius 3 is 2.55 bits per heavy atom. The van der Waals surface area contributed by atoms with Crippen LogP contribution in [0.4, 0.5) is 4.39 Å². The van der Waals surface area contributed by atoms with Gasteiger partial charge in [0.05, 0.1) is 6.10 Å². The van der Waals surface area contributed by atoms with Gasteiger partial charge in [-0.3, -0.25) is 0 Å². The summed E-state index contributed by atoms with van der Waals surface area (Å²) in [6.45, 7) is 0. The second kappa shape index (κ2) is 7.46. The molecule has 2 aromatic carbocycles. The molecular weight excluding hydrogens is 363 g/mol. The van der Waals surface area contributed by atoms with Gasteiger partial charge in [0.25, 0.3) is 0 Å². The maximum atomic E-state index is 13.2. The Morgan fingerprint density at radius 1 is 1.20 bits per heavy atom. The molecule has 1 N–H and O–H groups in total. The average Bonchev–Trinajstić information content (AvgIpc) is 2.37. The van der Waals surface area contributed by atoms with Crippen LogP contribution < -0.4 is 0 Å². The van der Waals surface area contributed by atoms with Crippen LogP contribution in [0.3, 0.4) is 0 Å². The summed E-state index contributed by atoms with van der Waals surface area (Å²) in [6, 6.07) is 12.1. The molecular formula is C15H13BrClFOS. The molecule has 1 nitrogen and oxygen atoms in total. The van der Waals surface area contributed by atoms with Crippen LogP contribution in [0.5, 0.6) is 0 Å². The third kappa shape index (κ3) is 5.09. The van der Waals surface area contributed by atoms with Crippen LogP contribution >= 0.6 is 39.3 Å². The van der Waals surface area contributed by atoms with E-state index in [1.54, 1.807) is 11.8 Å². The van der Waals surface area contributed by atoms with Crippen molar-refractivity contribution in [3.63, 3.8) is 0 Å². The quantitative estimate of drug-likeness (QED) is 0.747. The van der Waals surface area contributed by atoms with Crippen molar-refractivity contribution in [3.8, 4) is 0 Å². The molecule has 0 aliphatic heterocycles. The van der Waals surface area contributed by atoms with Crippen LogP contribution in [0, 0.1) is 5.82 Å². The summed E-state index contributed by atoms with van der Waals surface area (Å²) in [4.78, 5) is 1.05. The SMILES string of the molecule is OC(CSc1ccc(Cl)cc1)Cc1cc(F)cc(Br)c1. The Kier molecular flexibility index (Phi) is 5.90. The van der Waals surface area contributed by atoms with Gasteiger partial charge in [-0.05, 0) is 54.4 Å². The molecule has 0 spiro atoms. The van der Waals surface area contributed by atoms with Gasteiger partial charge >= 0.3 is 0 Å². The standard InChI is InChI=1S/C15H13BrClFOS/c16-11-5-10(6-13(18)8-11)7-14(19)9-20-15-3-1-12(17)2-4-15/h1-6,8,14,19H,7,9H2. The van der Waals surface area contributed by atoms with Crippen LogP contribution in [0.25, 0.3) is 0 Å². The van der Waals surface area contributed by atoms with Gasteiger partial charge in [0, 0.05) is 20.1 Å². The van der Waals surface area contributed by atoms with Crippen molar-refractivity contribution in [2.45, 2.75) is 17.4 Å². The summed E-state index contributed by atoms with van der Waals surface area (Å²) in [5, 5.41) is 10.7. The number of aliphatic hydroxyl groups excluding tert-OH is 1. The van der Waals surface area contributed by atoms with Crippen molar-refractivity contribution in [2.24, 2.45) is 0 Å². The third-order valence-electron chi connectivity index (χ3n) is 2.65. The van der Waals surface area contributed by atoms with Crippen molar-refractivity contribution in [1.29, 1.82) is 0 Å². The number of hydrogen-bond donors (Lipinski definition) is 1. The van der Waals surface area contributed by atoms with E-state index in [1.807, 2.05) is 30.3 Å². The minimum Gasteiger partial charge on any atom is -0.392 e. The molecule has 2 aromatic rings. The molecule has 0 aliphatic carbocycles. The summed E-state index contributed by atoms with van der Waals surface area (Å²) >= 11 is 10.6. The van der Waals surface area contributed by atoms with Crippen molar-refractivity contribution in [3.05, 3.63) is 63.3 Å². The highest BCUT2D eigenvalue weighted by Crippen LogP contribution is 2.22. The van der Waals surface area contributed by atoms with E-state index in [0.29, 0.717) is 21.7 Å². The second-order valence-electron chi connectivity index (χ2n) is 4.40. The molecule has 0 radical (unpaired) electrons. The summed E-state index contributed by atoms with van der Waals surface area (Å²) in [7, 11) is 0. The van der Waals surface area contributed by atoms with Crippen LogP contribution in [0.2, 0.25) is 5.02 Å². The van der Waals surface area contributed by atoms with Crippen molar-refractivity contribution in [2.75, 3.05) is 5.75 Å². The topological polar surface area (TPSA) is 20.2 Å². The highest BCUT2D eigenvalue weighted by molar-refractivity contribution is 9.10. The van der Waals surface area contributed by atoms with Crippen LogP contribution in [-0.2, 0) is 6.42 Å². The largest absolute Gasteiger partial charge is 0.392 e. The molecule has 0 saturated heterocycles. The molecule has 0 bridgehead atoms. The van der Waals surface area contributed by atoms with E-state index >= 15 is 0 Å². The van der Waals surface area contributed by atoms with Gasteiger partial charge in [0.15, 0.2) is 0 Å². The van der Waals surface area contributed by atoms with Gasteiger partial charge in [-0.15, -0.1) is 11.8 Å². The van der Waals surface area contributed by atoms with E-state index in [9.17, 15) is 9.50 Å². The van der Waals surface area contributed by atoms with Gasteiger partial charge in [0.2, 0.25) is 0 Å². The normalized spacial score (nSPS) is 12.4. The van der Waals surface area contributed by atoms with E-state index in [0.717, 1.165) is 10.5 Å². The molecule has 0 fully saturated rings. The van der Waals surface area contributed by atoms with Crippen molar-refractivity contribution in [1.82, 2.24) is 0 Å². The first-order valence-electron chi connectivity index (χ1n) is 6.04. The zero-order valence-electron chi connectivity index (χ0n) is 10.5. The summed E-state index contributed by atoms with van der Waals surface area (Å²) in [5.74, 6) is 0.252. The fraction of sp³-hybridized carbons (Fsp3) is 0.200. The van der Waals surface area contributed by atoms with Gasteiger partial charge in [-0.25, -0.2) is 4.39 Å². The molecule has 0 amide bonds. The molecule has 0 aliphatic rings.